The lowest BCUT2D eigenvalue weighted by Gasteiger charge is -2.07. The van der Waals surface area contributed by atoms with Gasteiger partial charge >= 0.3 is 5.91 Å². The fourth-order valence-electron chi connectivity index (χ4n) is 3.32. The van der Waals surface area contributed by atoms with Crippen LogP contribution in [0.1, 0.15) is 27.5 Å². The number of aryl methyl sites for hydroxylation is 1. The zero-order valence-electron chi connectivity index (χ0n) is 16.6. The zero-order chi connectivity index (χ0) is 21.3. The van der Waals surface area contributed by atoms with E-state index in [0.717, 1.165) is 32.6 Å². The summed E-state index contributed by atoms with van der Waals surface area (Å²) in [7, 11) is 1.55. The number of nitrogens with zero attached hydrogens (tertiary/aromatic N) is 3. The van der Waals surface area contributed by atoms with E-state index in [1.54, 1.807) is 31.7 Å². The van der Waals surface area contributed by atoms with E-state index in [9.17, 15) is 4.79 Å². The molecule has 1 amide bonds. The number of rotatable bonds is 5. The number of carbonyl (C=O) groups is 1. The summed E-state index contributed by atoms with van der Waals surface area (Å²) >= 11 is 3.42. The number of ether oxygens (including phenoxy) is 1. The lowest BCUT2D eigenvalue weighted by atomic mass is 10.2. The standard InChI is InChI=1S/C22H19BrN4O3/c1-13-8-16(14(2)27(13)20-6-4-5-7-24-20)12-25-26-22(28)19-10-15-9-17(23)11-18(29-3)21(15)30-19/h4-12H,1-3H3,(H,26,28)/b25-12-. The van der Waals surface area contributed by atoms with Crippen LogP contribution in [0.25, 0.3) is 16.8 Å². The normalized spacial score (nSPS) is 11.3. The Bertz CT molecular complexity index is 1260. The van der Waals surface area contributed by atoms with Crippen molar-refractivity contribution in [2.45, 2.75) is 13.8 Å². The molecule has 0 atom stereocenters. The van der Waals surface area contributed by atoms with Crippen LogP contribution in [-0.2, 0) is 0 Å². The van der Waals surface area contributed by atoms with Gasteiger partial charge in [0.25, 0.3) is 0 Å². The Hall–Kier alpha value is -3.39. The van der Waals surface area contributed by atoms with E-state index in [-0.39, 0.29) is 5.76 Å². The van der Waals surface area contributed by atoms with Crippen LogP contribution in [0.15, 0.2) is 62.7 Å². The summed E-state index contributed by atoms with van der Waals surface area (Å²) < 4.78 is 13.8. The molecule has 0 saturated heterocycles. The first kappa shape index (κ1) is 19.9. The van der Waals surface area contributed by atoms with Crippen LogP contribution in [0.5, 0.6) is 5.75 Å². The van der Waals surface area contributed by atoms with E-state index in [0.29, 0.717) is 11.3 Å². The lowest BCUT2D eigenvalue weighted by molar-refractivity contribution is 0.0929. The van der Waals surface area contributed by atoms with Crippen molar-refractivity contribution >= 4 is 39.0 Å². The van der Waals surface area contributed by atoms with Crippen molar-refractivity contribution in [2.75, 3.05) is 7.11 Å². The van der Waals surface area contributed by atoms with Crippen molar-refractivity contribution in [1.29, 1.82) is 0 Å². The molecule has 3 heterocycles. The Kier molecular flexibility index (Phi) is 5.41. The van der Waals surface area contributed by atoms with Crippen molar-refractivity contribution in [2.24, 2.45) is 5.10 Å². The molecule has 4 rings (SSSR count). The van der Waals surface area contributed by atoms with Crippen LogP contribution in [0, 0.1) is 13.8 Å². The number of fused-ring (bicyclic) bond motifs is 1. The number of hydrogen-bond donors (Lipinski definition) is 1. The van der Waals surface area contributed by atoms with Crippen molar-refractivity contribution < 1.29 is 13.9 Å². The van der Waals surface area contributed by atoms with Gasteiger partial charge in [0.1, 0.15) is 5.82 Å². The molecule has 0 spiro atoms. The van der Waals surface area contributed by atoms with Crippen LogP contribution >= 0.6 is 15.9 Å². The van der Waals surface area contributed by atoms with E-state index < -0.39 is 5.91 Å². The largest absolute Gasteiger partial charge is 0.493 e. The SMILES string of the molecule is COc1cc(Br)cc2cc(C(=O)N/N=C\c3cc(C)n(-c4ccccn4)c3C)oc12. The minimum atomic E-state index is -0.445. The molecule has 1 aromatic carbocycles. The number of halogens is 1. The highest BCUT2D eigenvalue weighted by Crippen LogP contribution is 2.32. The molecule has 7 nitrogen and oxygen atoms in total. The average molecular weight is 467 g/mol. The quantitative estimate of drug-likeness (QED) is 0.339. The highest BCUT2D eigenvalue weighted by molar-refractivity contribution is 9.10. The fourth-order valence-corrected chi connectivity index (χ4v) is 3.78. The predicted octanol–water partition coefficient (Wildman–Crippen LogP) is 4.77. The van der Waals surface area contributed by atoms with Gasteiger partial charge in [-0.1, -0.05) is 22.0 Å². The molecule has 0 saturated carbocycles. The van der Waals surface area contributed by atoms with Crippen LogP contribution in [-0.4, -0.2) is 28.8 Å². The van der Waals surface area contributed by atoms with Crippen molar-refractivity contribution in [3.63, 3.8) is 0 Å². The van der Waals surface area contributed by atoms with Crippen LogP contribution in [0.2, 0.25) is 0 Å². The second kappa shape index (κ2) is 8.16. The Labute approximate surface area is 181 Å². The highest BCUT2D eigenvalue weighted by atomic mass is 79.9. The first-order valence-electron chi connectivity index (χ1n) is 9.18. The van der Waals surface area contributed by atoms with Gasteiger partial charge in [-0.05, 0) is 50.2 Å². The summed E-state index contributed by atoms with van der Waals surface area (Å²) in [5.74, 6) is 1.08. The maximum atomic E-state index is 12.5. The van der Waals surface area contributed by atoms with Crippen LogP contribution in [0.4, 0.5) is 0 Å². The van der Waals surface area contributed by atoms with Gasteiger partial charge in [0.15, 0.2) is 17.1 Å². The van der Waals surface area contributed by atoms with Gasteiger partial charge in [-0.25, -0.2) is 10.4 Å². The van der Waals surface area contributed by atoms with Gasteiger partial charge in [-0.3, -0.25) is 4.79 Å². The Morgan fingerprint density at radius 2 is 2.10 bits per heavy atom. The summed E-state index contributed by atoms with van der Waals surface area (Å²) in [5.41, 5.74) is 5.90. The van der Waals surface area contributed by atoms with Crippen molar-refractivity contribution in [3.8, 4) is 11.6 Å². The van der Waals surface area contributed by atoms with E-state index in [1.165, 1.54) is 0 Å². The molecule has 0 aliphatic heterocycles. The van der Waals surface area contributed by atoms with Crippen LogP contribution in [0.3, 0.4) is 0 Å². The molecule has 3 aromatic heterocycles. The van der Waals surface area contributed by atoms with E-state index in [1.807, 2.05) is 48.7 Å². The highest BCUT2D eigenvalue weighted by Gasteiger charge is 2.16. The molecule has 0 bridgehead atoms. The third-order valence-corrected chi connectivity index (χ3v) is 5.17. The first-order chi connectivity index (χ1) is 14.5. The number of hydrogen-bond acceptors (Lipinski definition) is 5. The summed E-state index contributed by atoms with van der Waals surface area (Å²) in [6.07, 6.45) is 3.36. The molecule has 8 heteroatoms. The van der Waals surface area contributed by atoms with Gasteiger partial charge in [-0.15, -0.1) is 0 Å². The number of benzene rings is 1. The van der Waals surface area contributed by atoms with Crippen LogP contribution < -0.4 is 10.2 Å². The summed E-state index contributed by atoms with van der Waals surface area (Å²) in [5, 5.41) is 4.86. The van der Waals surface area contributed by atoms with Crippen molar-refractivity contribution in [3.05, 3.63) is 75.8 Å². The minimum Gasteiger partial charge on any atom is -0.493 e. The Morgan fingerprint density at radius 3 is 2.83 bits per heavy atom. The summed E-state index contributed by atoms with van der Waals surface area (Å²) in [6, 6.07) is 13.0. The molecule has 0 fully saturated rings. The second-order valence-corrected chi connectivity index (χ2v) is 7.60. The number of methoxy groups -OCH3 is 1. The van der Waals surface area contributed by atoms with Gasteiger partial charge in [-0.2, -0.15) is 5.10 Å². The average Bonchev–Trinajstić information content (AvgIpc) is 3.28. The Balaban J connectivity index is 1.54. The number of hydrazone groups is 1. The van der Waals surface area contributed by atoms with Gasteiger partial charge in [0.05, 0.1) is 13.3 Å². The monoisotopic (exact) mass is 466 g/mol. The molecule has 0 unspecified atom stereocenters. The van der Waals surface area contributed by atoms with Gasteiger partial charge in [0.2, 0.25) is 0 Å². The number of carbonyl (C=O) groups excluding carboxylic acids is 1. The number of furan rings is 1. The maximum absolute atomic E-state index is 12.5. The number of nitrogens with one attached hydrogen (secondary N) is 1. The van der Waals surface area contributed by atoms with Crippen molar-refractivity contribution in [1.82, 2.24) is 15.0 Å². The number of amides is 1. The molecular formula is C22H19BrN4O3. The molecule has 1 N–H and O–H groups in total. The molecule has 0 radical (unpaired) electrons. The third-order valence-electron chi connectivity index (χ3n) is 4.71. The summed E-state index contributed by atoms with van der Waals surface area (Å²) in [4.78, 5) is 16.9. The first-order valence-corrected chi connectivity index (χ1v) is 9.98. The second-order valence-electron chi connectivity index (χ2n) is 6.69. The lowest BCUT2D eigenvalue weighted by Crippen LogP contribution is -2.16. The third kappa shape index (κ3) is 3.73. The maximum Gasteiger partial charge on any atom is 0.307 e. The smallest absolute Gasteiger partial charge is 0.307 e. The van der Waals surface area contributed by atoms with E-state index in [4.69, 9.17) is 9.15 Å². The Morgan fingerprint density at radius 1 is 1.27 bits per heavy atom. The number of pyridine rings is 1. The van der Waals surface area contributed by atoms with E-state index in [2.05, 4.69) is 31.4 Å². The minimum absolute atomic E-state index is 0.150. The molecule has 30 heavy (non-hydrogen) atoms. The molecule has 4 aromatic rings. The molecule has 152 valence electrons. The molecular weight excluding hydrogens is 448 g/mol. The van der Waals surface area contributed by atoms with E-state index >= 15 is 0 Å². The van der Waals surface area contributed by atoms with Gasteiger partial charge in [0, 0.05) is 33.0 Å². The van der Waals surface area contributed by atoms with Gasteiger partial charge < -0.3 is 13.7 Å². The molecule has 0 aliphatic carbocycles. The predicted molar refractivity (Wildman–Crippen MR) is 119 cm³/mol. The zero-order valence-corrected chi connectivity index (χ0v) is 18.2. The summed E-state index contributed by atoms with van der Waals surface area (Å²) in [6.45, 7) is 3.98. The molecule has 0 aliphatic rings. The fraction of sp³-hybridized carbons (Fsp3) is 0.136. The topological polar surface area (TPSA) is 81.6 Å². The number of aromatic nitrogens is 2.